The first kappa shape index (κ1) is 21.8. The van der Waals surface area contributed by atoms with Crippen LogP contribution in [0.1, 0.15) is 16.1 Å². The average Bonchev–Trinajstić information content (AvgIpc) is 3.34. The molecule has 0 spiro atoms. The van der Waals surface area contributed by atoms with Crippen molar-refractivity contribution in [2.24, 2.45) is 0 Å². The van der Waals surface area contributed by atoms with Crippen LogP contribution in [0.3, 0.4) is 0 Å². The summed E-state index contributed by atoms with van der Waals surface area (Å²) in [6, 6.07) is 37.8. The molecule has 4 aromatic carbocycles. The number of esters is 1. The van der Waals surface area contributed by atoms with Crippen LogP contribution in [0.5, 0.6) is 0 Å². The molecule has 0 aliphatic heterocycles. The summed E-state index contributed by atoms with van der Waals surface area (Å²) in [5, 5.41) is 8.69. The maximum absolute atomic E-state index is 13.1. The van der Waals surface area contributed by atoms with Gasteiger partial charge in [0.05, 0.1) is 0 Å². The van der Waals surface area contributed by atoms with Crippen LogP contribution in [0, 0.1) is 0 Å². The van der Waals surface area contributed by atoms with Crippen molar-refractivity contribution in [3.05, 3.63) is 127 Å². The molecule has 1 aromatic heterocycles. The number of aromatic nitrogens is 3. The van der Waals surface area contributed by atoms with Gasteiger partial charge in [0.25, 0.3) is 0 Å². The van der Waals surface area contributed by atoms with Crippen LogP contribution in [0.25, 0.3) is 16.9 Å². The fourth-order valence-electron chi connectivity index (χ4n) is 3.57. The van der Waals surface area contributed by atoms with Crippen LogP contribution in [0.4, 0.5) is 0 Å². The molecule has 34 heavy (non-hydrogen) atoms. The molecule has 6 heteroatoms. The second-order valence-corrected chi connectivity index (χ2v) is 9.85. The van der Waals surface area contributed by atoms with Crippen molar-refractivity contribution in [1.29, 1.82) is 0 Å². The zero-order valence-electron chi connectivity index (χ0n) is 18.2. The van der Waals surface area contributed by atoms with E-state index in [1.807, 2.05) is 97.1 Å². The van der Waals surface area contributed by atoms with E-state index in [2.05, 4.69) is 28.5 Å². The molecule has 166 valence electrons. The molecule has 5 nitrogen and oxygen atoms in total. The third kappa shape index (κ3) is 4.83. The Hall–Kier alpha value is -3.99. The average molecular weight is 510 g/mol. The summed E-state index contributed by atoms with van der Waals surface area (Å²) in [7, 11) is 0. The molecule has 0 aliphatic rings. The van der Waals surface area contributed by atoms with Crippen molar-refractivity contribution in [1.82, 2.24) is 15.0 Å². The molecule has 0 radical (unpaired) electrons. The molecule has 0 saturated heterocycles. The molecule has 0 saturated carbocycles. The number of benzene rings is 4. The van der Waals surface area contributed by atoms with Crippen LogP contribution in [-0.2, 0) is 11.3 Å². The second kappa shape index (κ2) is 10.3. The molecular weight excluding hydrogens is 489 g/mol. The molecule has 0 fully saturated rings. The molecule has 0 bridgehead atoms. The first-order valence-electron chi connectivity index (χ1n) is 10.8. The van der Waals surface area contributed by atoms with Gasteiger partial charge in [0.2, 0.25) is 0 Å². The molecule has 0 N–H and O–H groups in total. The van der Waals surface area contributed by atoms with E-state index in [9.17, 15) is 4.79 Å². The Kier molecular flexibility index (Phi) is 6.61. The van der Waals surface area contributed by atoms with Gasteiger partial charge in [0.1, 0.15) is 0 Å². The Balaban J connectivity index is 1.54. The van der Waals surface area contributed by atoms with E-state index in [4.69, 9.17) is 4.74 Å². The number of ether oxygens (including phenoxy) is 1. The maximum atomic E-state index is 13.1. The topological polar surface area (TPSA) is 57.0 Å². The minimum atomic E-state index is -0.500. The zero-order valence-corrected chi connectivity index (χ0v) is 20.0. The van der Waals surface area contributed by atoms with Crippen molar-refractivity contribution in [2.45, 2.75) is 6.61 Å². The number of rotatable bonds is 7. The van der Waals surface area contributed by atoms with Gasteiger partial charge in [0.15, 0.2) is 0 Å². The van der Waals surface area contributed by atoms with Gasteiger partial charge in [-0.15, -0.1) is 0 Å². The van der Waals surface area contributed by atoms with Crippen molar-refractivity contribution in [3.8, 4) is 16.9 Å². The van der Waals surface area contributed by atoms with E-state index in [1.165, 1.54) is 4.46 Å². The molecular formula is C28H21N3O2Se. The van der Waals surface area contributed by atoms with Crippen molar-refractivity contribution >= 4 is 29.8 Å². The molecule has 0 atom stereocenters. The first-order valence-corrected chi connectivity index (χ1v) is 12.6. The molecule has 5 aromatic rings. The molecule has 1 heterocycles. The third-order valence-electron chi connectivity index (χ3n) is 5.19. The van der Waals surface area contributed by atoms with Crippen LogP contribution in [0.15, 0.2) is 115 Å². The Morgan fingerprint density at radius 2 is 1.38 bits per heavy atom. The fraction of sp³-hybridized carbons (Fsp3) is 0.0357. The quantitative estimate of drug-likeness (QED) is 0.246. The van der Waals surface area contributed by atoms with Gasteiger partial charge in [0, 0.05) is 0 Å². The van der Waals surface area contributed by atoms with Crippen molar-refractivity contribution in [3.63, 3.8) is 0 Å². The summed E-state index contributed by atoms with van der Waals surface area (Å²) in [6.07, 6.45) is 0. The van der Waals surface area contributed by atoms with Gasteiger partial charge < -0.3 is 0 Å². The molecule has 5 rings (SSSR count). The van der Waals surface area contributed by atoms with Gasteiger partial charge >= 0.3 is 204 Å². The number of hydrogen-bond acceptors (Lipinski definition) is 4. The predicted octanol–water partition coefficient (Wildman–Crippen LogP) is 3.95. The number of nitrogens with zero attached hydrogens (tertiary/aromatic N) is 3. The Labute approximate surface area is 204 Å². The normalized spacial score (nSPS) is 10.7. The van der Waals surface area contributed by atoms with Crippen LogP contribution >= 0.6 is 0 Å². The summed E-state index contributed by atoms with van der Waals surface area (Å²) in [5.41, 5.74) is 3.49. The second-order valence-electron chi connectivity index (χ2n) is 7.51. The fourth-order valence-corrected chi connectivity index (χ4v) is 5.57. The Morgan fingerprint density at radius 1 is 0.765 bits per heavy atom. The molecule has 0 unspecified atom stereocenters. The number of carbonyl (C=O) groups is 1. The van der Waals surface area contributed by atoms with Crippen LogP contribution in [-0.4, -0.2) is 35.9 Å². The molecule has 0 amide bonds. The molecule has 0 aliphatic carbocycles. The van der Waals surface area contributed by atoms with E-state index in [0.717, 1.165) is 21.3 Å². The van der Waals surface area contributed by atoms with Crippen molar-refractivity contribution < 1.29 is 9.53 Å². The predicted molar refractivity (Wildman–Crippen MR) is 134 cm³/mol. The van der Waals surface area contributed by atoms with Crippen LogP contribution < -0.4 is 8.92 Å². The van der Waals surface area contributed by atoms with Gasteiger partial charge in [-0.05, 0) is 0 Å². The van der Waals surface area contributed by atoms with Gasteiger partial charge in [-0.3, -0.25) is 0 Å². The van der Waals surface area contributed by atoms with Gasteiger partial charge in [-0.1, -0.05) is 0 Å². The van der Waals surface area contributed by atoms with Gasteiger partial charge in [-0.2, -0.15) is 0 Å². The Morgan fingerprint density at radius 3 is 2.12 bits per heavy atom. The summed E-state index contributed by atoms with van der Waals surface area (Å²) in [5.74, 6) is -0.500. The van der Waals surface area contributed by atoms with Crippen molar-refractivity contribution in [2.75, 3.05) is 0 Å². The van der Waals surface area contributed by atoms with E-state index in [-0.39, 0.29) is 27.3 Å². The number of hydrogen-bond donors (Lipinski definition) is 0. The monoisotopic (exact) mass is 511 g/mol. The number of carbonyl (C=O) groups excluding carboxylic acids is 1. The summed E-state index contributed by atoms with van der Waals surface area (Å²) in [6.45, 7) is 0.175. The standard InChI is InChI=1S/C28H21N3O2Se/c32-28(33-20-21-12-4-1-5-13-21)26-27(22-14-6-2-7-15-22)31(30-29-26)24-18-10-11-19-25(24)34-23-16-8-3-9-17-23/h1-19H,20H2. The summed E-state index contributed by atoms with van der Waals surface area (Å²) < 4.78 is 9.76. The third-order valence-corrected chi connectivity index (χ3v) is 7.44. The first-order chi connectivity index (χ1) is 16.8. The van der Waals surface area contributed by atoms with E-state index >= 15 is 0 Å². The van der Waals surface area contributed by atoms with E-state index in [0.29, 0.717) is 5.69 Å². The SMILES string of the molecule is O=C(OCc1ccccc1)c1nnn(-c2ccccc2[Se]c2ccccc2)c1-c1ccccc1. The number of para-hydroxylation sites is 1. The van der Waals surface area contributed by atoms with E-state index < -0.39 is 5.97 Å². The van der Waals surface area contributed by atoms with Crippen LogP contribution in [0.2, 0.25) is 0 Å². The Bertz CT molecular complexity index is 1390. The summed E-state index contributed by atoms with van der Waals surface area (Å²) >= 11 is 0.0613. The zero-order chi connectivity index (χ0) is 23.2. The summed E-state index contributed by atoms with van der Waals surface area (Å²) in [4.78, 5) is 13.1. The minimum absolute atomic E-state index is 0.0613. The van der Waals surface area contributed by atoms with Gasteiger partial charge in [-0.25, -0.2) is 0 Å². The van der Waals surface area contributed by atoms with E-state index in [1.54, 1.807) is 4.68 Å².